The van der Waals surface area contributed by atoms with E-state index >= 15 is 0 Å². The van der Waals surface area contributed by atoms with Crippen molar-refractivity contribution in [3.8, 4) is 22.9 Å². The van der Waals surface area contributed by atoms with Crippen LogP contribution in [0.3, 0.4) is 0 Å². The summed E-state index contributed by atoms with van der Waals surface area (Å²) < 4.78 is 12.0. The summed E-state index contributed by atoms with van der Waals surface area (Å²) in [6.45, 7) is 5.09. The van der Waals surface area contributed by atoms with Gasteiger partial charge < -0.3 is 15.2 Å². The van der Waals surface area contributed by atoms with E-state index in [-0.39, 0.29) is 0 Å². The van der Waals surface area contributed by atoms with E-state index in [2.05, 4.69) is 25.9 Å². The van der Waals surface area contributed by atoms with E-state index < -0.39 is 0 Å². The number of nitrogen functional groups attached to an aromatic ring is 1. The summed E-state index contributed by atoms with van der Waals surface area (Å²) in [4.78, 5) is 8.97. The van der Waals surface area contributed by atoms with Crippen LogP contribution in [0.4, 0.5) is 5.82 Å². The summed E-state index contributed by atoms with van der Waals surface area (Å²) in [7, 11) is 0. The summed E-state index contributed by atoms with van der Waals surface area (Å²) in [5.74, 6) is 2.55. The molecule has 0 saturated carbocycles. The molecule has 21 heavy (non-hydrogen) atoms. The predicted octanol–water partition coefficient (Wildman–Crippen LogP) is 3.13. The van der Waals surface area contributed by atoms with Crippen LogP contribution in [-0.4, -0.2) is 23.2 Å². The Morgan fingerprint density at radius 3 is 2.71 bits per heavy atom. The standard InChI is InChI=1S/C15H16BrN3O2/c1-3-10-8(2)18-15(19-14(10)17)9-6-11(16)13-12(7-9)20-4-5-21-13/h6-7H,3-5H2,1-2H3,(H2,17,18,19). The van der Waals surface area contributed by atoms with Crippen LogP contribution in [0.5, 0.6) is 11.5 Å². The molecule has 6 heteroatoms. The molecule has 110 valence electrons. The summed E-state index contributed by atoms with van der Waals surface area (Å²) >= 11 is 3.50. The second kappa shape index (κ2) is 5.52. The molecule has 0 spiro atoms. The highest BCUT2D eigenvalue weighted by molar-refractivity contribution is 9.10. The molecular formula is C15H16BrN3O2. The molecule has 1 aromatic heterocycles. The van der Waals surface area contributed by atoms with Crippen LogP contribution in [0.25, 0.3) is 11.4 Å². The Hall–Kier alpha value is -1.82. The molecule has 0 bridgehead atoms. The molecule has 0 unspecified atom stereocenters. The van der Waals surface area contributed by atoms with Gasteiger partial charge in [-0.25, -0.2) is 9.97 Å². The zero-order valence-electron chi connectivity index (χ0n) is 11.9. The average molecular weight is 350 g/mol. The van der Waals surface area contributed by atoms with Crippen molar-refractivity contribution in [2.45, 2.75) is 20.3 Å². The first kappa shape index (κ1) is 14.1. The molecule has 1 aliphatic heterocycles. The molecule has 2 N–H and O–H groups in total. The van der Waals surface area contributed by atoms with Gasteiger partial charge in [-0.15, -0.1) is 0 Å². The van der Waals surface area contributed by atoms with Crippen LogP contribution in [-0.2, 0) is 6.42 Å². The van der Waals surface area contributed by atoms with Gasteiger partial charge in [0.05, 0.1) is 4.47 Å². The number of halogens is 1. The molecular weight excluding hydrogens is 334 g/mol. The first-order chi connectivity index (χ1) is 10.1. The molecule has 2 heterocycles. The zero-order chi connectivity index (χ0) is 15.0. The fourth-order valence-corrected chi connectivity index (χ4v) is 2.98. The van der Waals surface area contributed by atoms with Gasteiger partial charge in [0.2, 0.25) is 0 Å². The minimum absolute atomic E-state index is 0.533. The lowest BCUT2D eigenvalue weighted by atomic mass is 10.1. The van der Waals surface area contributed by atoms with Crippen LogP contribution in [0, 0.1) is 6.92 Å². The molecule has 1 aliphatic rings. The van der Waals surface area contributed by atoms with Gasteiger partial charge in [-0.2, -0.15) is 0 Å². The van der Waals surface area contributed by atoms with Crippen molar-refractivity contribution >= 4 is 21.7 Å². The number of hydrogen-bond acceptors (Lipinski definition) is 5. The van der Waals surface area contributed by atoms with E-state index in [0.717, 1.165) is 33.5 Å². The molecule has 3 rings (SSSR count). The maximum atomic E-state index is 6.03. The molecule has 0 amide bonds. The fourth-order valence-electron chi connectivity index (χ4n) is 2.42. The van der Waals surface area contributed by atoms with Gasteiger partial charge in [-0.1, -0.05) is 6.92 Å². The Morgan fingerprint density at radius 2 is 2.00 bits per heavy atom. The predicted molar refractivity (Wildman–Crippen MR) is 84.7 cm³/mol. The highest BCUT2D eigenvalue weighted by atomic mass is 79.9. The van der Waals surface area contributed by atoms with Gasteiger partial charge in [0.15, 0.2) is 17.3 Å². The van der Waals surface area contributed by atoms with Crippen molar-refractivity contribution in [1.82, 2.24) is 9.97 Å². The van der Waals surface area contributed by atoms with E-state index in [0.29, 0.717) is 30.6 Å². The van der Waals surface area contributed by atoms with Crippen molar-refractivity contribution in [3.05, 3.63) is 27.9 Å². The topological polar surface area (TPSA) is 70.3 Å². The monoisotopic (exact) mass is 349 g/mol. The third kappa shape index (κ3) is 2.55. The number of benzene rings is 1. The summed E-state index contributed by atoms with van der Waals surface area (Å²) in [6.07, 6.45) is 0.822. The van der Waals surface area contributed by atoms with Gasteiger partial charge >= 0.3 is 0 Å². The maximum absolute atomic E-state index is 6.03. The number of rotatable bonds is 2. The second-order valence-electron chi connectivity index (χ2n) is 4.83. The Labute approximate surface area is 131 Å². The van der Waals surface area contributed by atoms with E-state index in [4.69, 9.17) is 15.2 Å². The number of nitrogens with zero attached hydrogens (tertiary/aromatic N) is 2. The quantitative estimate of drug-likeness (QED) is 0.901. The van der Waals surface area contributed by atoms with Crippen molar-refractivity contribution in [3.63, 3.8) is 0 Å². The van der Waals surface area contributed by atoms with Gasteiger partial charge in [-0.3, -0.25) is 0 Å². The number of nitrogens with two attached hydrogens (primary N) is 1. The van der Waals surface area contributed by atoms with E-state index in [9.17, 15) is 0 Å². The largest absolute Gasteiger partial charge is 0.486 e. The molecule has 0 fully saturated rings. The van der Waals surface area contributed by atoms with Crippen LogP contribution < -0.4 is 15.2 Å². The van der Waals surface area contributed by atoms with Crippen LogP contribution >= 0.6 is 15.9 Å². The average Bonchev–Trinajstić information content (AvgIpc) is 2.47. The minimum atomic E-state index is 0.533. The lowest BCUT2D eigenvalue weighted by Crippen LogP contribution is -2.15. The van der Waals surface area contributed by atoms with E-state index in [1.807, 2.05) is 26.0 Å². The lowest BCUT2D eigenvalue weighted by Gasteiger charge is -2.20. The molecule has 5 nitrogen and oxygen atoms in total. The summed E-state index contributed by atoms with van der Waals surface area (Å²) in [5, 5.41) is 0. The number of hydrogen-bond donors (Lipinski definition) is 1. The lowest BCUT2D eigenvalue weighted by molar-refractivity contribution is 0.170. The third-order valence-electron chi connectivity index (χ3n) is 3.45. The zero-order valence-corrected chi connectivity index (χ0v) is 13.5. The highest BCUT2D eigenvalue weighted by Gasteiger charge is 2.18. The molecule has 1 aromatic carbocycles. The first-order valence-corrected chi connectivity index (χ1v) is 7.62. The van der Waals surface area contributed by atoms with Crippen molar-refractivity contribution < 1.29 is 9.47 Å². The van der Waals surface area contributed by atoms with Crippen LogP contribution in [0.1, 0.15) is 18.2 Å². The highest BCUT2D eigenvalue weighted by Crippen LogP contribution is 2.40. The summed E-state index contributed by atoms with van der Waals surface area (Å²) in [5.41, 5.74) is 8.78. The van der Waals surface area contributed by atoms with Crippen molar-refractivity contribution in [1.29, 1.82) is 0 Å². The molecule has 0 radical (unpaired) electrons. The second-order valence-corrected chi connectivity index (χ2v) is 5.69. The van der Waals surface area contributed by atoms with Gasteiger partial charge in [0.1, 0.15) is 19.0 Å². The van der Waals surface area contributed by atoms with E-state index in [1.165, 1.54) is 0 Å². The van der Waals surface area contributed by atoms with Crippen molar-refractivity contribution in [2.24, 2.45) is 0 Å². The van der Waals surface area contributed by atoms with Crippen LogP contribution in [0.2, 0.25) is 0 Å². The molecule has 2 aromatic rings. The summed E-state index contributed by atoms with van der Waals surface area (Å²) in [6, 6.07) is 3.81. The Bertz CT molecular complexity index is 681. The SMILES string of the molecule is CCc1c(C)nc(-c2cc(Br)c3c(c2)OCCO3)nc1N. The Kier molecular flexibility index (Phi) is 3.71. The van der Waals surface area contributed by atoms with Gasteiger partial charge in [0.25, 0.3) is 0 Å². The number of anilines is 1. The van der Waals surface area contributed by atoms with E-state index in [1.54, 1.807) is 0 Å². The Morgan fingerprint density at radius 1 is 1.24 bits per heavy atom. The molecule has 0 saturated heterocycles. The first-order valence-electron chi connectivity index (χ1n) is 6.82. The number of ether oxygens (including phenoxy) is 2. The number of fused-ring (bicyclic) bond motifs is 1. The third-order valence-corrected chi connectivity index (χ3v) is 4.04. The van der Waals surface area contributed by atoms with Crippen molar-refractivity contribution in [2.75, 3.05) is 18.9 Å². The number of aryl methyl sites for hydroxylation is 1. The normalized spacial score (nSPS) is 13.3. The fraction of sp³-hybridized carbons (Fsp3) is 0.333. The van der Waals surface area contributed by atoms with Gasteiger partial charge in [0, 0.05) is 16.8 Å². The number of aromatic nitrogens is 2. The Balaban J connectivity index is 2.11. The molecule has 0 atom stereocenters. The van der Waals surface area contributed by atoms with Crippen LogP contribution in [0.15, 0.2) is 16.6 Å². The minimum Gasteiger partial charge on any atom is -0.486 e. The van der Waals surface area contributed by atoms with Gasteiger partial charge in [-0.05, 0) is 41.4 Å². The maximum Gasteiger partial charge on any atom is 0.175 e. The smallest absolute Gasteiger partial charge is 0.175 e. The molecule has 0 aliphatic carbocycles.